The zero-order chi connectivity index (χ0) is 16.0. The second kappa shape index (κ2) is 4.91. The molecule has 1 aliphatic rings. The third-order valence-electron chi connectivity index (χ3n) is 3.10. The number of carbonyl (C=O) groups excluding carboxylic acids is 2. The van der Waals surface area contributed by atoms with Crippen molar-refractivity contribution in [1.82, 2.24) is 5.32 Å². The Balaban J connectivity index is 2.42. The van der Waals surface area contributed by atoms with Crippen molar-refractivity contribution in [3.63, 3.8) is 0 Å². The van der Waals surface area contributed by atoms with Crippen LogP contribution in [-0.4, -0.2) is 23.9 Å². The van der Waals surface area contributed by atoms with E-state index < -0.39 is 29.1 Å². The molecule has 1 N–H and O–H groups in total. The normalized spacial score (nSPS) is 18.7. The quantitative estimate of drug-likeness (QED) is 0.864. The zero-order valence-electron chi connectivity index (χ0n) is 11.2. The smallest absolute Gasteiger partial charge is 0.341 e. The van der Waals surface area contributed by atoms with Crippen LogP contribution in [0.4, 0.5) is 18.9 Å². The molecular formula is C13H12ClF3N2O2. The lowest BCUT2D eigenvalue weighted by molar-refractivity contribution is -0.137. The Morgan fingerprint density at radius 3 is 2.43 bits per heavy atom. The Morgan fingerprint density at radius 1 is 1.29 bits per heavy atom. The summed E-state index contributed by atoms with van der Waals surface area (Å²) in [5.74, 6) is -0.848. The molecule has 114 valence electrons. The van der Waals surface area contributed by atoms with Crippen molar-refractivity contribution < 1.29 is 22.8 Å². The van der Waals surface area contributed by atoms with Gasteiger partial charge in [0.2, 0.25) is 5.91 Å². The Hall–Kier alpha value is -1.76. The highest BCUT2D eigenvalue weighted by Gasteiger charge is 2.40. The lowest BCUT2D eigenvalue weighted by Crippen LogP contribution is -2.64. The van der Waals surface area contributed by atoms with Crippen molar-refractivity contribution in [3.05, 3.63) is 28.8 Å². The number of anilines is 1. The van der Waals surface area contributed by atoms with E-state index in [2.05, 4.69) is 5.32 Å². The van der Waals surface area contributed by atoms with E-state index in [0.29, 0.717) is 0 Å². The van der Waals surface area contributed by atoms with Gasteiger partial charge < -0.3 is 5.32 Å². The molecule has 2 amide bonds. The predicted molar refractivity (Wildman–Crippen MR) is 71.0 cm³/mol. The van der Waals surface area contributed by atoms with Gasteiger partial charge >= 0.3 is 6.18 Å². The maximum Gasteiger partial charge on any atom is 0.416 e. The van der Waals surface area contributed by atoms with Crippen molar-refractivity contribution in [2.45, 2.75) is 25.6 Å². The molecule has 4 nitrogen and oxygen atoms in total. The minimum atomic E-state index is -4.52. The van der Waals surface area contributed by atoms with Gasteiger partial charge in [-0.2, -0.15) is 13.2 Å². The van der Waals surface area contributed by atoms with Crippen molar-refractivity contribution in [2.75, 3.05) is 11.4 Å². The molecular weight excluding hydrogens is 309 g/mol. The van der Waals surface area contributed by atoms with Crippen LogP contribution >= 0.6 is 11.6 Å². The van der Waals surface area contributed by atoms with E-state index in [4.69, 9.17) is 11.6 Å². The monoisotopic (exact) mass is 320 g/mol. The number of nitrogens with zero attached hydrogens (tertiary/aromatic N) is 1. The highest BCUT2D eigenvalue weighted by molar-refractivity contribution is 6.34. The molecule has 0 atom stereocenters. The molecule has 0 spiro atoms. The topological polar surface area (TPSA) is 49.4 Å². The number of halogens is 4. The third kappa shape index (κ3) is 2.97. The first-order valence-electron chi connectivity index (χ1n) is 6.02. The van der Waals surface area contributed by atoms with E-state index >= 15 is 0 Å². The van der Waals surface area contributed by atoms with Crippen molar-refractivity contribution in [3.8, 4) is 0 Å². The Kier molecular flexibility index (Phi) is 3.65. The second-order valence-electron chi connectivity index (χ2n) is 5.23. The van der Waals surface area contributed by atoms with Gasteiger partial charge in [0.1, 0.15) is 12.1 Å². The molecule has 1 aliphatic heterocycles. The largest absolute Gasteiger partial charge is 0.416 e. The maximum atomic E-state index is 12.6. The van der Waals surface area contributed by atoms with Crippen molar-refractivity contribution in [2.24, 2.45) is 0 Å². The summed E-state index contributed by atoms with van der Waals surface area (Å²) in [6.07, 6.45) is -4.52. The number of carbonyl (C=O) groups is 2. The van der Waals surface area contributed by atoms with E-state index in [9.17, 15) is 22.8 Å². The minimum Gasteiger partial charge on any atom is -0.341 e. The van der Waals surface area contributed by atoms with Gasteiger partial charge in [-0.05, 0) is 32.0 Å². The highest BCUT2D eigenvalue weighted by Crippen LogP contribution is 2.36. The van der Waals surface area contributed by atoms with Crippen LogP contribution in [0.1, 0.15) is 19.4 Å². The first-order chi connectivity index (χ1) is 9.52. The molecule has 0 unspecified atom stereocenters. The lowest BCUT2D eigenvalue weighted by Gasteiger charge is -2.37. The molecule has 0 radical (unpaired) electrons. The fourth-order valence-corrected chi connectivity index (χ4v) is 2.37. The van der Waals surface area contributed by atoms with Gasteiger partial charge in [0.25, 0.3) is 5.91 Å². The summed E-state index contributed by atoms with van der Waals surface area (Å²) in [5.41, 5.74) is -1.97. The van der Waals surface area contributed by atoms with Crippen molar-refractivity contribution in [1.29, 1.82) is 0 Å². The van der Waals surface area contributed by atoms with E-state index in [1.807, 2.05) is 0 Å². The fraction of sp³-hybridized carbons (Fsp3) is 0.385. The number of benzene rings is 1. The summed E-state index contributed by atoms with van der Waals surface area (Å²) in [6.45, 7) is 2.74. The summed E-state index contributed by atoms with van der Waals surface area (Å²) in [7, 11) is 0. The maximum absolute atomic E-state index is 12.6. The van der Waals surface area contributed by atoms with Gasteiger partial charge in [-0.25, -0.2) is 0 Å². The Labute approximate surface area is 123 Å². The molecule has 0 aromatic heterocycles. The van der Waals surface area contributed by atoms with E-state index in [1.165, 1.54) is 13.8 Å². The first-order valence-corrected chi connectivity index (χ1v) is 6.40. The zero-order valence-corrected chi connectivity index (χ0v) is 12.0. The number of hydrogen-bond acceptors (Lipinski definition) is 2. The summed E-state index contributed by atoms with van der Waals surface area (Å²) in [4.78, 5) is 25.0. The highest BCUT2D eigenvalue weighted by atomic mass is 35.5. The van der Waals surface area contributed by atoms with Crippen LogP contribution in [0.2, 0.25) is 5.02 Å². The molecule has 1 aromatic rings. The van der Waals surface area contributed by atoms with Crippen LogP contribution < -0.4 is 10.2 Å². The molecule has 1 aromatic carbocycles. The van der Waals surface area contributed by atoms with Gasteiger partial charge in [-0.15, -0.1) is 0 Å². The summed E-state index contributed by atoms with van der Waals surface area (Å²) >= 11 is 5.85. The molecule has 0 aliphatic carbocycles. The lowest BCUT2D eigenvalue weighted by atomic mass is 9.99. The number of rotatable bonds is 1. The molecule has 1 heterocycles. The molecule has 21 heavy (non-hydrogen) atoms. The molecule has 8 heteroatoms. The SMILES string of the molecule is CC1(C)NC(=O)CN(c2ccc(C(F)(F)F)cc2Cl)C1=O. The van der Waals surface area contributed by atoms with Crippen LogP contribution in [0.3, 0.4) is 0 Å². The molecule has 1 fully saturated rings. The average Bonchev–Trinajstić information content (AvgIpc) is 2.32. The van der Waals surface area contributed by atoms with Crippen LogP contribution in [0, 0.1) is 0 Å². The molecule has 2 rings (SSSR count). The number of amides is 2. The predicted octanol–water partition coefficient (Wildman–Crippen LogP) is 2.60. The summed E-state index contributed by atoms with van der Waals surface area (Å²) in [6, 6.07) is 2.66. The van der Waals surface area contributed by atoms with Crippen LogP contribution in [-0.2, 0) is 15.8 Å². The molecule has 0 bridgehead atoms. The number of alkyl halides is 3. The number of hydrogen-bond donors (Lipinski definition) is 1. The van der Waals surface area contributed by atoms with Gasteiger partial charge in [0.05, 0.1) is 16.3 Å². The Morgan fingerprint density at radius 2 is 1.90 bits per heavy atom. The molecule has 1 saturated heterocycles. The van der Waals surface area contributed by atoms with Crippen LogP contribution in [0.5, 0.6) is 0 Å². The van der Waals surface area contributed by atoms with Gasteiger partial charge in [0, 0.05) is 0 Å². The third-order valence-corrected chi connectivity index (χ3v) is 3.40. The average molecular weight is 321 g/mol. The van der Waals surface area contributed by atoms with Crippen LogP contribution in [0.25, 0.3) is 0 Å². The van der Waals surface area contributed by atoms with Gasteiger partial charge in [-0.3, -0.25) is 14.5 Å². The minimum absolute atomic E-state index is 0.0811. The number of piperazine rings is 1. The summed E-state index contributed by atoms with van der Waals surface area (Å²) in [5, 5.41) is 2.27. The standard InChI is InChI=1S/C13H12ClF3N2O2/c1-12(2)11(21)19(6-10(20)18-12)9-4-3-7(5-8(9)14)13(15,16)17/h3-5H,6H2,1-2H3,(H,18,20). The first kappa shape index (κ1) is 15.6. The van der Waals surface area contributed by atoms with E-state index in [1.54, 1.807) is 0 Å². The fourth-order valence-electron chi connectivity index (χ4n) is 2.09. The Bertz CT molecular complexity index is 614. The molecule has 0 saturated carbocycles. The second-order valence-corrected chi connectivity index (χ2v) is 5.64. The van der Waals surface area contributed by atoms with E-state index in [0.717, 1.165) is 23.1 Å². The van der Waals surface area contributed by atoms with Gasteiger partial charge in [-0.1, -0.05) is 11.6 Å². The number of nitrogens with one attached hydrogen (secondary N) is 1. The van der Waals surface area contributed by atoms with Crippen LogP contribution in [0.15, 0.2) is 18.2 Å². The van der Waals surface area contributed by atoms with Crippen molar-refractivity contribution >= 4 is 29.1 Å². The van der Waals surface area contributed by atoms with Gasteiger partial charge in [0.15, 0.2) is 0 Å². The summed E-state index contributed by atoms with van der Waals surface area (Å²) < 4.78 is 37.8. The van der Waals surface area contributed by atoms with E-state index in [-0.39, 0.29) is 17.3 Å².